The Morgan fingerprint density at radius 3 is 2.64 bits per heavy atom. The lowest BCUT2D eigenvalue weighted by atomic mass is 9.98. The number of hydrogen-bond acceptors (Lipinski definition) is 3. The molecule has 1 aliphatic heterocycles. The summed E-state index contributed by atoms with van der Waals surface area (Å²) in [6, 6.07) is 17.8. The van der Waals surface area contributed by atoms with Crippen LogP contribution in [0.1, 0.15) is 28.4 Å². The molecule has 1 aliphatic rings. The molecule has 4 rings (SSSR count). The number of carbonyl (C=O) groups excluding carboxylic acids is 1. The van der Waals surface area contributed by atoms with Crippen LogP contribution in [0.15, 0.2) is 60.8 Å². The van der Waals surface area contributed by atoms with Crippen molar-refractivity contribution >= 4 is 34.8 Å². The molecule has 0 radical (unpaired) electrons. The van der Waals surface area contributed by atoms with Crippen LogP contribution in [-0.4, -0.2) is 24.0 Å². The molecule has 5 heteroatoms. The van der Waals surface area contributed by atoms with E-state index < -0.39 is 0 Å². The summed E-state index contributed by atoms with van der Waals surface area (Å²) in [6.07, 6.45) is 2.85. The second-order valence-electron chi connectivity index (χ2n) is 6.15. The van der Waals surface area contributed by atoms with Gasteiger partial charge in [0.1, 0.15) is 5.69 Å². The van der Waals surface area contributed by atoms with E-state index in [4.69, 9.17) is 0 Å². The highest BCUT2D eigenvalue weighted by Crippen LogP contribution is 2.24. The normalized spacial score (nSPS) is 16.4. The van der Waals surface area contributed by atoms with Gasteiger partial charge in [0.2, 0.25) is 0 Å². The summed E-state index contributed by atoms with van der Waals surface area (Å²) in [6.45, 7) is 2.11. The number of nitrogens with zero attached hydrogens (tertiary/aromatic N) is 1. The summed E-state index contributed by atoms with van der Waals surface area (Å²) in [4.78, 5) is 16.8. The van der Waals surface area contributed by atoms with Crippen LogP contribution in [0.25, 0.3) is 10.8 Å². The van der Waals surface area contributed by atoms with E-state index in [1.165, 1.54) is 12.0 Å². The lowest BCUT2D eigenvalue weighted by Gasteiger charge is -2.11. The molecule has 2 heterocycles. The number of carbonyl (C=O) groups is 1. The summed E-state index contributed by atoms with van der Waals surface area (Å²) in [7, 11) is 0. The van der Waals surface area contributed by atoms with Gasteiger partial charge in [0.05, 0.1) is 0 Å². The molecule has 1 amide bonds. The topological polar surface area (TPSA) is 54.0 Å². The van der Waals surface area contributed by atoms with Crippen LogP contribution in [-0.2, 0) is 0 Å². The highest BCUT2D eigenvalue weighted by atomic mass is 35.5. The van der Waals surface area contributed by atoms with Gasteiger partial charge >= 0.3 is 0 Å². The van der Waals surface area contributed by atoms with Crippen molar-refractivity contribution in [2.75, 3.05) is 18.4 Å². The van der Waals surface area contributed by atoms with Gasteiger partial charge in [0.25, 0.3) is 5.91 Å². The van der Waals surface area contributed by atoms with Gasteiger partial charge in [-0.2, -0.15) is 0 Å². The Balaban J connectivity index is 0.00000182. The summed E-state index contributed by atoms with van der Waals surface area (Å²) in [5, 5.41) is 8.21. The van der Waals surface area contributed by atoms with Crippen molar-refractivity contribution in [2.24, 2.45) is 0 Å². The molecule has 2 aromatic carbocycles. The highest BCUT2D eigenvalue weighted by molar-refractivity contribution is 6.11. The summed E-state index contributed by atoms with van der Waals surface area (Å²) >= 11 is 0. The van der Waals surface area contributed by atoms with Gasteiger partial charge in [-0.05, 0) is 48.0 Å². The number of aromatic nitrogens is 1. The first-order valence-electron chi connectivity index (χ1n) is 8.27. The minimum atomic E-state index is -0.179. The average Bonchev–Trinajstić information content (AvgIpc) is 3.16. The second-order valence-corrected chi connectivity index (χ2v) is 6.15. The molecule has 3 aromatic rings. The third kappa shape index (κ3) is 3.65. The molecule has 1 unspecified atom stereocenters. The van der Waals surface area contributed by atoms with Crippen molar-refractivity contribution < 1.29 is 4.79 Å². The fraction of sp³-hybridized carbons (Fsp3) is 0.200. The standard InChI is InChI=1S/C20H19N3O.ClH/c24-20(19-18-4-2-1-3-15(18)10-12-22-19)23-17-7-5-14(6-8-17)16-9-11-21-13-16;/h1-8,10,12,16,21H,9,11,13H2,(H,23,24);1H. The number of anilines is 1. The first kappa shape index (κ1) is 17.4. The van der Waals surface area contributed by atoms with Gasteiger partial charge in [-0.1, -0.05) is 36.4 Å². The number of fused-ring (bicyclic) bond motifs is 1. The zero-order chi connectivity index (χ0) is 16.4. The van der Waals surface area contributed by atoms with Crippen molar-refractivity contribution in [3.63, 3.8) is 0 Å². The molecule has 1 atom stereocenters. The number of benzene rings is 2. The van der Waals surface area contributed by atoms with Crippen LogP contribution in [0.5, 0.6) is 0 Å². The van der Waals surface area contributed by atoms with E-state index in [0.717, 1.165) is 29.5 Å². The van der Waals surface area contributed by atoms with Gasteiger partial charge in [-0.25, -0.2) is 0 Å². The molecule has 0 saturated carbocycles. The third-order valence-electron chi connectivity index (χ3n) is 4.59. The van der Waals surface area contributed by atoms with Crippen LogP contribution in [0.2, 0.25) is 0 Å². The van der Waals surface area contributed by atoms with E-state index in [9.17, 15) is 4.79 Å². The van der Waals surface area contributed by atoms with Crippen LogP contribution < -0.4 is 10.6 Å². The minimum absolute atomic E-state index is 0. The monoisotopic (exact) mass is 353 g/mol. The molecule has 0 spiro atoms. The fourth-order valence-corrected chi connectivity index (χ4v) is 3.27. The maximum absolute atomic E-state index is 12.6. The van der Waals surface area contributed by atoms with Crippen molar-refractivity contribution in [2.45, 2.75) is 12.3 Å². The van der Waals surface area contributed by atoms with Gasteiger partial charge < -0.3 is 10.6 Å². The summed E-state index contributed by atoms with van der Waals surface area (Å²) < 4.78 is 0. The summed E-state index contributed by atoms with van der Waals surface area (Å²) in [5.74, 6) is 0.400. The van der Waals surface area contributed by atoms with Crippen LogP contribution >= 0.6 is 12.4 Å². The third-order valence-corrected chi connectivity index (χ3v) is 4.59. The predicted molar refractivity (Wildman–Crippen MR) is 104 cm³/mol. The molecule has 4 nitrogen and oxygen atoms in total. The quantitative estimate of drug-likeness (QED) is 0.748. The SMILES string of the molecule is Cl.O=C(Nc1ccc(C2CCNC2)cc1)c1nccc2ccccc12. The molecular formula is C20H20ClN3O. The Morgan fingerprint density at radius 2 is 1.88 bits per heavy atom. The van der Waals surface area contributed by atoms with Crippen LogP contribution in [0.4, 0.5) is 5.69 Å². The lowest BCUT2D eigenvalue weighted by Crippen LogP contribution is -2.14. The first-order chi connectivity index (χ1) is 11.8. The Kier molecular flexibility index (Phi) is 5.31. The Labute approximate surface area is 153 Å². The highest BCUT2D eigenvalue weighted by Gasteiger charge is 2.16. The van der Waals surface area contributed by atoms with E-state index in [1.807, 2.05) is 42.5 Å². The summed E-state index contributed by atoms with van der Waals surface area (Å²) in [5.41, 5.74) is 2.57. The minimum Gasteiger partial charge on any atom is -0.321 e. The van der Waals surface area contributed by atoms with Crippen molar-refractivity contribution in [3.8, 4) is 0 Å². The molecule has 1 aromatic heterocycles. The van der Waals surface area contributed by atoms with E-state index in [0.29, 0.717) is 11.6 Å². The van der Waals surface area contributed by atoms with Crippen molar-refractivity contribution in [1.82, 2.24) is 10.3 Å². The average molecular weight is 354 g/mol. The maximum Gasteiger partial charge on any atom is 0.274 e. The number of pyridine rings is 1. The van der Waals surface area contributed by atoms with Crippen molar-refractivity contribution in [1.29, 1.82) is 0 Å². The molecule has 1 saturated heterocycles. The molecule has 1 fully saturated rings. The fourth-order valence-electron chi connectivity index (χ4n) is 3.27. The zero-order valence-electron chi connectivity index (χ0n) is 13.7. The number of hydrogen-bond donors (Lipinski definition) is 2. The number of nitrogens with one attached hydrogen (secondary N) is 2. The van der Waals surface area contributed by atoms with Crippen LogP contribution in [0, 0.1) is 0 Å². The van der Waals surface area contributed by atoms with E-state index in [2.05, 4.69) is 27.8 Å². The Morgan fingerprint density at radius 1 is 1.08 bits per heavy atom. The zero-order valence-corrected chi connectivity index (χ0v) is 14.6. The molecule has 0 bridgehead atoms. The molecule has 0 aliphatic carbocycles. The van der Waals surface area contributed by atoms with Gasteiger partial charge in [0, 0.05) is 23.8 Å². The Bertz CT molecular complexity index is 868. The molecule has 128 valence electrons. The largest absolute Gasteiger partial charge is 0.321 e. The molecule has 25 heavy (non-hydrogen) atoms. The van der Waals surface area contributed by atoms with Crippen molar-refractivity contribution in [3.05, 3.63) is 72.1 Å². The second kappa shape index (κ2) is 7.64. The number of halogens is 1. The number of rotatable bonds is 3. The molecule has 2 N–H and O–H groups in total. The van der Waals surface area contributed by atoms with Gasteiger partial charge in [0.15, 0.2) is 0 Å². The van der Waals surface area contributed by atoms with Gasteiger partial charge in [-0.15, -0.1) is 12.4 Å². The van der Waals surface area contributed by atoms with Gasteiger partial charge in [-0.3, -0.25) is 9.78 Å². The van der Waals surface area contributed by atoms with E-state index in [1.54, 1.807) is 6.20 Å². The van der Waals surface area contributed by atoms with E-state index >= 15 is 0 Å². The van der Waals surface area contributed by atoms with Crippen LogP contribution in [0.3, 0.4) is 0 Å². The Hall–Kier alpha value is -2.43. The number of amides is 1. The lowest BCUT2D eigenvalue weighted by molar-refractivity contribution is 0.102. The van der Waals surface area contributed by atoms with E-state index in [-0.39, 0.29) is 18.3 Å². The maximum atomic E-state index is 12.6. The smallest absolute Gasteiger partial charge is 0.274 e. The first-order valence-corrected chi connectivity index (χ1v) is 8.27. The molecular weight excluding hydrogens is 334 g/mol. The predicted octanol–water partition coefficient (Wildman–Crippen LogP) is 3.99.